The maximum absolute atomic E-state index is 2.92. The van der Waals surface area contributed by atoms with Crippen LogP contribution in [0.1, 0.15) is 125 Å². The summed E-state index contributed by atoms with van der Waals surface area (Å²) in [5.74, 6) is 0. The fourth-order valence-corrected chi connectivity index (χ4v) is 196. The van der Waals surface area contributed by atoms with Crippen LogP contribution in [0.2, 0.25) is 69.5 Å². The average molecular weight is 601 g/mol. The smallest absolute Gasteiger partial charge is 0.0638 e. The topological polar surface area (TPSA) is 0 Å². The molecule has 0 fully saturated rings. The Morgan fingerprint density at radius 2 is 0.528 bits per heavy atom. The highest BCUT2D eigenvalue weighted by atomic mass is 30.0. The van der Waals surface area contributed by atoms with E-state index in [2.05, 4.69) is 151 Å². The zero-order valence-corrected chi connectivity index (χ0v) is 35.5. The lowest BCUT2D eigenvalue weighted by atomic mass is 10.2. The Labute approximate surface area is 237 Å². The van der Waals surface area contributed by atoms with Crippen molar-refractivity contribution in [1.82, 2.24) is 0 Å². The fourth-order valence-electron chi connectivity index (χ4n) is 8.70. The molecular formula is C30H72Si6. The van der Waals surface area contributed by atoms with Crippen LogP contribution in [-0.2, 0) is 0 Å². The molecule has 0 spiro atoms. The van der Waals surface area contributed by atoms with Gasteiger partial charge in [-0.2, -0.15) is 0 Å². The minimum absolute atomic E-state index is 0.475. The van der Waals surface area contributed by atoms with Crippen LogP contribution in [0.15, 0.2) is 0 Å². The lowest BCUT2D eigenvalue weighted by Crippen LogP contribution is -2.79. The van der Waals surface area contributed by atoms with Gasteiger partial charge in [0, 0.05) is 0 Å². The molecule has 0 heterocycles. The molecule has 0 saturated heterocycles. The second-order valence-corrected chi connectivity index (χ2v) is 69.7. The Kier molecular flexibility index (Phi) is 12.5. The second kappa shape index (κ2) is 12.0. The summed E-state index contributed by atoms with van der Waals surface area (Å²) in [4.78, 5) is 0. The van der Waals surface area contributed by atoms with Gasteiger partial charge < -0.3 is 0 Å². The zero-order chi connectivity index (χ0) is 29.6. The minimum atomic E-state index is -1.64. The second-order valence-electron chi connectivity index (χ2n) is 17.3. The fraction of sp³-hybridized carbons (Fsp3) is 1.00. The monoisotopic (exact) mass is 600 g/mol. The zero-order valence-electron chi connectivity index (χ0n) is 29.5. The van der Waals surface area contributed by atoms with E-state index in [-0.39, 0.29) is 0 Å². The molecule has 0 saturated carbocycles. The Hall–Kier alpha value is 1.30. The molecule has 0 bridgehead atoms. The standard InChI is InChI=1S/C30H72Si6/c1-23(2)35(24(3)4,25(5)6)32(36(26(7)8,27(9)10)28(11)12)31(33(19,20)29(13,14)15)34(21,22)30(16,17)18/h23-28H,1-22H3. The highest BCUT2D eigenvalue weighted by molar-refractivity contribution is 7.84. The van der Waals surface area contributed by atoms with Gasteiger partial charge in [-0.3, -0.25) is 0 Å². The predicted octanol–water partition coefficient (Wildman–Crippen LogP) is 11.7. The molecule has 0 aliphatic rings. The van der Waals surface area contributed by atoms with Crippen LogP contribution in [0, 0.1) is 0 Å². The van der Waals surface area contributed by atoms with Gasteiger partial charge in [0.25, 0.3) is 0 Å². The van der Waals surface area contributed by atoms with Gasteiger partial charge in [-0.25, -0.2) is 0 Å². The summed E-state index contributed by atoms with van der Waals surface area (Å²) >= 11 is 0. The third kappa shape index (κ3) is 5.99. The van der Waals surface area contributed by atoms with Crippen molar-refractivity contribution in [2.75, 3.05) is 0 Å². The van der Waals surface area contributed by atoms with E-state index >= 15 is 0 Å². The lowest BCUT2D eigenvalue weighted by molar-refractivity contribution is 0.728. The Morgan fingerprint density at radius 1 is 0.361 bits per heavy atom. The van der Waals surface area contributed by atoms with Crippen LogP contribution >= 0.6 is 0 Å². The van der Waals surface area contributed by atoms with Gasteiger partial charge in [0.2, 0.25) is 0 Å². The average Bonchev–Trinajstić information content (AvgIpc) is 2.58. The third-order valence-electron chi connectivity index (χ3n) is 11.8. The van der Waals surface area contributed by atoms with Crippen LogP contribution < -0.4 is 0 Å². The van der Waals surface area contributed by atoms with Crippen molar-refractivity contribution in [1.29, 1.82) is 0 Å². The largest absolute Gasteiger partial charge is 0.0690 e. The highest BCUT2D eigenvalue weighted by Crippen LogP contribution is 2.54. The predicted molar refractivity (Wildman–Crippen MR) is 188 cm³/mol. The molecule has 0 rings (SSSR count). The minimum Gasteiger partial charge on any atom is -0.0690 e. The van der Waals surface area contributed by atoms with Gasteiger partial charge in [-0.1, -0.05) is 184 Å². The molecule has 0 aliphatic carbocycles. The van der Waals surface area contributed by atoms with E-state index in [4.69, 9.17) is 0 Å². The van der Waals surface area contributed by atoms with Crippen LogP contribution in [0.5, 0.6) is 0 Å². The summed E-state index contributed by atoms with van der Waals surface area (Å²) < 4.78 is 0. The quantitative estimate of drug-likeness (QED) is 0.219. The molecule has 36 heavy (non-hydrogen) atoms. The van der Waals surface area contributed by atoms with E-state index in [1.54, 1.807) is 0 Å². The Morgan fingerprint density at radius 3 is 0.639 bits per heavy atom. The van der Waals surface area contributed by atoms with Gasteiger partial charge in [-0.05, 0) is 23.9 Å². The van der Waals surface area contributed by atoms with Gasteiger partial charge in [0.05, 0.1) is 30.4 Å². The molecule has 0 radical (unpaired) electrons. The van der Waals surface area contributed by atoms with E-state index < -0.39 is 44.2 Å². The molecular weight excluding hydrogens is 529 g/mol. The van der Waals surface area contributed by atoms with Crippen LogP contribution in [0.3, 0.4) is 0 Å². The molecule has 6 heteroatoms. The van der Waals surface area contributed by atoms with Gasteiger partial charge in [0.15, 0.2) is 0 Å². The lowest BCUT2D eigenvalue weighted by Gasteiger charge is -2.61. The maximum atomic E-state index is 2.92. The number of hydrogen-bond acceptors (Lipinski definition) is 0. The van der Waals surface area contributed by atoms with Crippen molar-refractivity contribution in [3.8, 4) is 0 Å². The first kappa shape index (κ1) is 37.3. The van der Waals surface area contributed by atoms with Gasteiger partial charge in [-0.15, -0.1) is 0 Å². The maximum Gasteiger partial charge on any atom is 0.0638 e. The van der Waals surface area contributed by atoms with Crippen LogP contribution in [0.25, 0.3) is 0 Å². The van der Waals surface area contributed by atoms with Crippen molar-refractivity contribution in [2.45, 2.75) is 194 Å². The molecule has 0 atom stereocenters. The molecule has 0 nitrogen and oxygen atoms in total. The van der Waals surface area contributed by atoms with Crippen molar-refractivity contribution < 1.29 is 0 Å². The van der Waals surface area contributed by atoms with E-state index in [1.165, 1.54) is 0 Å². The molecule has 0 aliphatic heterocycles. The number of rotatable bonds is 10. The summed E-state index contributed by atoms with van der Waals surface area (Å²) in [6.45, 7) is 59.2. The van der Waals surface area contributed by atoms with E-state index in [1.807, 2.05) is 0 Å². The van der Waals surface area contributed by atoms with Crippen molar-refractivity contribution in [3.05, 3.63) is 0 Å². The molecule has 0 aromatic rings. The first-order chi connectivity index (χ1) is 15.6. The van der Waals surface area contributed by atoms with Gasteiger partial charge in [0.1, 0.15) is 0 Å². The molecule has 0 aromatic heterocycles. The first-order valence-corrected chi connectivity index (χ1v) is 33.9. The summed E-state index contributed by atoms with van der Waals surface area (Å²) in [5, 5.41) is 0.950. The Balaban J connectivity index is 9.26. The summed E-state index contributed by atoms with van der Waals surface area (Å²) in [7, 11) is -6.40. The Bertz CT molecular complexity index is 650. The van der Waals surface area contributed by atoms with E-state index in [9.17, 15) is 0 Å². The highest BCUT2D eigenvalue weighted by Gasteiger charge is 2.63. The number of hydrogen-bond donors (Lipinski definition) is 0. The van der Waals surface area contributed by atoms with E-state index in [0.717, 1.165) is 33.2 Å². The van der Waals surface area contributed by atoms with Crippen molar-refractivity contribution >= 4 is 44.2 Å². The normalized spacial score (nSPS) is 15.3. The molecule has 0 unspecified atom stereocenters. The summed E-state index contributed by atoms with van der Waals surface area (Å²) in [5.41, 5.74) is 5.36. The molecule has 0 amide bonds. The molecule has 216 valence electrons. The summed E-state index contributed by atoms with van der Waals surface area (Å²) in [6, 6.07) is 0. The first-order valence-electron chi connectivity index (χ1n) is 15.4. The van der Waals surface area contributed by atoms with Gasteiger partial charge >= 0.3 is 0 Å². The van der Waals surface area contributed by atoms with E-state index in [0.29, 0.717) is 10.1 Å². The SMILES string of the molecule is CC(C)[Si](C(C)C)(C(C)C)[Si](=[Si]([Si](C)(C)C(C)(C)C)[Si](C)(C)C(C)(C)C)[Si](C(C)C)(C(C)C)C(C)C. The molecule has 0 N–H and O–H groups in total. The van der Waals surface area contributed by atoms with Crippen molar-refractivity contribution in [3.63, 3.8) is 0 Å². The van der Waals surface area contributed by atoms with Crippen LogP contribution in [0.4, 0.5) is 0 Å². The molecule has 0 aromatic carbocycles. The van der Waals surface area contributed by atoms with Crippen LogP contribution in [-0.4, -0.2) is 44.2 Å². The third-order valence-corrected chi connectivity index (χ3v) is 121. The summed E-state index contributed by atoms with van der Waals surface area (Å²) in [6.07, 6.45) is 0. The van der Waals surface area contributed by atoms with Crippen molar-refractivity contribution in [2.24, 2.45) is 0 Å².